The molecule has 6 heteroatoms. The minimum absolute atomic E-state index is 0.148. The van der Waals surface area contributed by atoms with E-state index >= 15 is 0 Å². The summed E-state index contributed by atoms with van der Waals surface area (Å²) < 4.78 is 15.0. The first kappa shape index (κ1) is 15.9. The second kappa shape index (κ2) is 6.62. The molecule has 1 aromatic heterocycles. The van der Waals surface area contributed by atoms with Crippen LogP contribution in [-0.2, 0) is 0 Å². The van der Waals surface area contributed by atoms with Gasteiger partial charge in [0.05, 0.1) is 11.7 Å². The number of carbonyl (C=O) groups is 1. The monoisotopic (exact) mass is 324 g/mol. The Labute approximate surface area is 139 Å². The second-order valence-corrected chi connectivity index (χ2v) is 5.53. The minimum Gasteiger partial charge on any atom is -0.335 e. The fourth-order valence-corrected chi connectivity index (χ4v) is 2.47. The number of nitrogens with zero attached hydrogens (tertiary/aromatic N) is 4. The van der Waals surface area contributed by atoms with Crippen LogP contribution in [0.25, 0.3) is 5.69 Å². The number of hydrogen-bond donors (Lipinski definition) is 0. The van der Waals surface area contributed by atoms with Crippen LogP contribution in [0.4, 0.5) is 4.39 Å². The van der Waals surface area contributed by atoms with Gasteiger partial charge in [0, 0.05) is 12.6 Å². The maximum atomic E-state index is 13.3. The number of halogens is 1. The van der Waals surface area contributed by atoms with Gasteiger partial charge in [0.25, 0.3) is 5.91 Å². The fourth-order valence-electron chi connectivity index (χ4n) is 2.47. The summed E-state index contributed by atoms with van der Waals surface area (Å²) in [5.74, 6) is -0.638. The van der Waals surface area contributed by atoms with Gasteiger partial charge < -0.3 is 4.90 Å². The molecule has 5 nitrogen and oxygen atoms in total. The first-order valence-electron chi connectivity index (χ1n) is 7.54. The second-order valence-electron chi connectivity index (χ2n) is 5.53. The normalized spacial score (nSPS) is 12.0. The average molecular weight is 324 g/mol. The molecule has 122 valence electrons. The third-order valence-electron chi connectivity index (χ3n) is 4.03. The molecule has 0 N–H and O–H groups in total. The first-order chi connectivity index (χ1) is 11.6. The molecule has 1 unspecified atom stereocenters. The quantitative estimate of drug-likeness (QED) is 0.740. The SMILES string of the molecule is CC(c1ccc(-n2cncn2)cc1)N(C)C(=O)c1cccc(F)c1. The van der Waals surface area contributed by atoms with Gasteiger partial charge in [-0.25, -0.2) is 14.1 Å². The van der Waals surface area contributed by atoms with Gasteiger partial charge >= 0.3 is 0 Å². The number of hydrogen-bond acceptors (Lipinski definition) is 3. The van der Waals surface area contributed by atoms with E-state index in [0.717, 1.165) is 11.3 Å². The van der Waals surface area contributed by atoms with E-state index in [-0.39, 0.29) is 11.9 Å². The van der Waals surface area contributed by atoms with Crippen molar-refractivity contribution in [2.24, 2.45) is 0 Å². The van der Waals surface area contributed by atoms with E-state index in [1.165, 1.54) is 24.5 Å². The van der Waals surface area contributed by atoms with Crippen molar-refractivity contribution in [1.82, 2.24) is 19.7 Å². The molecule has 0 aliphatic carbocycles. The van der Waals surface area contributed by atoms with Crippen molar-refractivity contribution in [3.8, 4) is 5.69 Å². The predicted octanol–water partition coefficient (Wildman–Crippen LogP) is 3.24. The van der Waals surface area contributed by atoms with Crippen LogP contribution in [0.1, 0.15) is 28.9 Å². The zero-order valence-electron chi connectivity index (χ0n) is 13.4. The Morgan fingerprint density at radius 3 is 2.58 bits per heavy atom. The molecule has 0 saturated heterocycles. The largest absolute Gasteiger partial charge is 0.335 e. The van der Waals surface area contributed by atoms with Gasteiger partial charge in [0.1, 0.15) is 18.5 Å². The lowest BCUT2D eigenvalue weighted by Gasteiger charge is -2.25. The van der Waals surface area contributed by atoms with Crippen LogP contribution in [0.3, 0.4) is 0 Å². The predicted molar refractivity (Wildman–Crippen MR) is 88.3 cm³/mol. The molecule has 0 aliphatic heterocycles. The molecule has 1 atom stereocenters. The fraction of sp³-hybridized carbons (Fsp3) is 0.167. The summed E-state index contributed by atoms with van der Waals surface area (Å²) in [5.41, 5.74) is 2.21. The summed E-state index contributed by atoms with van der Waals surface area (Å²) in [6.45, 7) is 1.93. The zero-order chi connectivity index (χ0) is 17.1. The van der Waals surface area contributed by atoms with Crippen molar-refractivity contribution >= 4 is 5.91 Å². The molecule has 0 fully saturated rings. The molecule has 3 rings (SSSR count). The summed E-state index contributed by atoms with van der Waals surface area (Å²) in [5, 5.41) is 4.08. The highest BCUT2D eigenvalue weighted by atomic mass is 19.1. The summed E-state index contributed by atoms with van der Waals surface area (Å²) in [4.78, 5) is 18.0. The standard InChI is InChI=1S/C18H17FN4O/c1-13(22(2)18(24)15-4-3-5-16(19)10-15)14-6-8-17(9-7-14)23-12-20-11-21-23/h3-13H,1-2H3. The molecule has 0 bridgehead atoms. The van der Waals surface area contributed by atoms with Crippen LogP contribution in [0.15, 0.2) is 61.2 Å². The van der Waals surface area contributed by atoms with Crippen molar-refractivity contribution in [2.75, 3.05) is 7.05 Å². The summed E-state index contributed by atoms with van der Waals surface area (Å²) in [6.07, 6.45) is 3.10. The Kier molecular flexibility index (Phi) is 4.37. The maximum absolute atomic E-state index is 13.3. The molecule has 24 heavy (non-hydrogen) atoms. The lowest BCUT2D eigenvalue weighted by atomic mass is 10.1. The highest BCUT2D eigenvalue weighted by Gasteiger charge is 2.19. The van der Waals surface area contributed by atoms with Gasteiger partial charge in [-0.1, -0.05) is 18.2 Å². The van der Waals surface area contributed by atoms with Gasteiger partial charge in [0.2, 0.25) is 0 Å². The van der Waals surface area contributed by atoms with Crippen LogP contribution < -0.4 is 0 Å². The Morgan fingerprint density at radius 1 is 1.21 bits per heavy atom. The molecular formula is C18H17FN4O. The lowest BCUT2D eigenvalue weighted by Crippen LogP contribution is -2.29. The van der Waals surface area contributed by atoms with Gasteiger partial charge in [-0.2, -0.15) is 5.10 Å². The Morgan fingerprint density at radius 2 is 1.96 bits per heavy atom. The lowest BCUT2D eigenvalue weighted by molar-refractivity contribution is 0.0742. The van der Waals surface area contributed by atoms with Gasteiger partial charge in [-0.15, -0.1) is 0 Å². The smallest absolute Gasteiger partial charge is 0.254 e. The summed E-state index contributed by atoms with van der Waals surface area (Å²) >= 11 is 0. The van der Waals surface area contributed by atoms with E-state index in [2.05, 4.69) is 10.1 Å². The van der Waals surface area contributed by atoms with Crippen LogP contribution >= 0.6 is 0 Å². The van der Waals surface area contributed by atoms with Gasteiger partial charge in [-0.3, -0.25) is 4.79 Å². The van der Waals surface area contributed by atoms with Crippen molar-refractivity contribution in [2.45, 2.75) is 13.0 Å². The molecule has 2 aromatic carbocycles. The van der Waals surface area contributed by atoms with Gasteiger partial charge in [-0.05, 0) is 42.8 Å². The van der Waals surface area contributed by atoms with Crippen LogP contribution in [0.2, 0.25) is 0 Å². The number of rotatable bonds is 4. The highest BCUT2D eigenvalue weighted by Crippen LogP contribution is 2.22. The van der Waals surface area contributed by atoms with E-state index in [1.807, 2.05) is 31.2 Å². The van der Waals surface area contributed by atoms with Crippen LogP contribution in [0, 0.1) is 5.82 Å². The number of amides is 1. The maximum Gasteiger partial charge on any atom is 0.254 e. The first-order valence-corrected chi connectivity index (χ1v) is 7.54. The highest BCUT2D eigenvalue weighted by molar-refractivity contribution is 5.94. The molecular weight excluding hydrogens is 307 g/mol. The van der Waals surface area contributed by atoms with Crippen LogP contribution in [0.5, 0.6) is 0 Å². The van der Waals surface area contributed by atoms with E-state index in [9.17, 15) is 9.18 Å². The molecule has 0 saturated carbocycles. The number of carbonyl (C=O) groups excluding carboxylic acids is 1. The zero-order valence-corrected chi connectivity index (χ0v) is 13.4. The van der Waals surface area contributed by atoms with Gasteiger partial charge in [0.15, 0.2) is 0 Å². The van der Waals surface area contributed by atoms with Crippen molar-refractivity contribution in [3.05, 3.63) is 78.1 Å². The van der Waals surface area contributed by atoms with Crippen molar-refractivity contribution in [1.29, 1.82) is 0 Å². The summed E-state index contributed by atoms with van der Waals surface area (Å²) in [7, 11) is 1.71. The minimum atomic E-state index is -0.418. The third kappa shape index (κ3) is 3.17. The van der Waals surface area contributed by atoms with Crippen molar-refractivity contribution in [3.63, 3.8) is 0 Å². The third-order valence-corrected chi connectivity index (χ3v) is 4.03. The molecule has 0 spiro atoms. The Bertz CT molecular complexity index is 830. The number of benzene rings is 2. The number of aromatic nitrogens is 3. The van der Waals surface area contributed by atoms with E-state index in [1.54, 1.807) is 29.0 Å². The molecule has 1 heterocycles. The molecule has 0 aliphatic rings. The van der Waals surface area contributed by atoms with E-state index < -0.39 is 5.82 Å². The Balaban J connectivity index is 1.78. The van der Waals surface area contributed by atoms with E-state index in [0.29, 0.717) is 5.56 Å². The topological polar surface area (TPSA) is 51.0 Å². The average Bonchev–Trinajstić information content (AvgIpc) is 3.14. The molecule has 3 aromatic rings. The van der Waals surface area contributed by atoms with E-state index in [4.69, 9.17) is 0 Å². The van der Waals surface area contributed by atoms with Crippen LogP contribution in [-0.4, -0.2) is 32.6 Å². The summed E-state index contributed by atoms with van der Waals surface area (Å²) in [6, 6.07) is 13.3. The molecule has 0 radical (unpaired) electrons. The Hall–Kier alpha value is -3.02. The molecule has 1 amide bonds. The van der Waals surface area contributed by atoms with Crippen molar-refractivity contribution < 1.29 is 9.18 Å².